The molecule has 2 rings (SSSR count). The number of carbonyl (C=O) groups is 3. The Labute approximate surface area is 172 Å². The molecule has 1 aliphatic rings. The standard InChI is InChI=1S/C19H24F2N2O5S/c1-4-27-17(25)15-14(28-15)16(24)23-19(9-29,8-10(2)3)18(26)22-13-11(20)6-5-7-12(13)21/h5-7,10,14-15,29H,4,8-9H2,1-3H3,(H,22,26)(H,23,24). The van der Waals surface area contributed by atoms with Crippen LogP contribution in [0.4, 0.5) is 14.5 Å². The minimum Gasteiger partial charge on any atom is -0.464 e. The van der Waals surface area contributed by atoms with Crippen molar-refractivity contribution in [2.75, 3.05) is 17.7 Å². The van der Waals surface area contributed by atoms with Crippen LogP contribution >= 0.6 is 12.6 Å². The van der Waals surface area contributed by atoms with Crippen LogP contribution in [0.3, 0.4) is 0 Å². The second-order valence-corrected chi connectivity index (χ2v) is 7.42. The molecule has 3 atom stereocenters. The summed E-state index contributed by atoms with van der Waals surface area (Å²) in [6.45, 7) is 5.39. The molecule has 0 aliphatic carbocycles. The average molecular weight is 430 g/mol. The van der Waals surface area contributed by atoms with Gasteiger partial charge in [-0.25, -0.2) is 13.6 Å². The van der Waals surface area contributed by atoms with E-state index in [1.807, 2.05) is 13.8 Å². The molecule has 29 heavy (non-hydrogen) atoms. The SMILES string of the molecule is CCOC(=O)C1OC1C(=O)NC(CS)(CC(C)C)C(=O)Nc1c(F)cccc1F. The molecule has 160 valence electrons. The molecule has 0 aromatic heterocycles. The van der Waals surface area contributed by atoms with Gasteiger partial charge in [0.1, 0.15) is 22.9 Å². The molecule has 2 N–H and O–H groups in total. The summed E-state index contributed by atoms with van der Waals surface area (Å²) in [6.07, 6.45) is -2.00. The van der Waals surface area contributed by atoms with Gasteiger partial charge in [0.15, 0.2) is 12.2 Å². The highest BCUT2D eigenvalue weighted by molar-refractivity contribution is 7.80. The molecule has 1 aromatic rings. The first-order valence-electron chi connectivity index (χ1n) is 9.15. The van der Waals surface area contributed by atoms with E-state index in [-0.39, 0.29) is 24.7 Å². The second kappa shape index (κ2) is 9.53. The van der Waals surface area contributed by atoms with Gasteiger partial charge in [0.25, 0.3) is 11.8 Å². The van der Waals surface area contributed by atoms with Crippen LogP contribution in [-0.4, -0.2) is 47.9 Å². The third-order valence-corrected chi connectivity index (χ3v) is 4.83. The van der Waals surface area contributed by atoms with E-state index < -0.39 is 52.9 Å². The molecule has 1 aliphatic heterocycles. The van der Waals surface area contributed by atoms with E-state index in [9.17, 15) is 23.2 Å². The normalized spacial score (nSPS) is 20.0. The number of nitrogens with one attached hydrogen (secondary N) is 2. The second-order valence-electron chi connectivity index (χ2n) is 7.11. The van der Waals surface area contributed by atoms with Gasteiger partial charge >= 0.3 is 5.97 Å². The number of hydrogen-bond donors (Lipinski definition) is 3. The first-order chi connectivity index (χ1) is 13.6. The Morgan fingerprint density at radius 3 is 2.38 bits per heavy atom. The zero-order valence-electron chi connectivity index (χ0n) is 16.3. The lowest BCUT2D eigenvalue weighted by Gasteiger charge is -2.33. The van der Waals surface area contributed by atoms with Crippen molar-refractivity contribution in [2.45, 2.75) is 44.9 Å². The first-order valence-corrected chi connectivity index (χ1v) is 9.79. The highest BCUT2D eigenvalue weighted by Crippen LogP contribution is 2.28. The predicted molar refractivity (Wildman–Crippen MR) is 104 cm³/mol. The molecular formula is C19H24F2N2O5S. The number of epoxide rings is 1. The monoisotopic (exact) mass is 430 g/mol. The molecule has 7 nitrogen and oxygen atoms in total. The largest absolute Gasteiger partial charge is 0.464 e. The summed E-state index contributed by atoms with van der Waals surface area (Å²) in [4.78, 5) is 37.2. The Morgan fingerprint density at radius 2 is 1.86 bits per heavy atom. The first kappa shape index (κ1) is 23.1. The Bertz CT molecular complexity index is 772. The quantitative estimate of drug-likeness (QED) is 0.317. The van der Waals surface area contributed by atoms with Gasteiger partial charge < -0.3 is 20.1 Å². The lowest BCUT2D eigenvalue weighted by molar-refractivity contribution is -0.144. The summed E-state index contributed by atoms with van der Waals surface area (Å²) in [5.41, 5.74) is -2.19. The molecule has 3 unspecified atom stereocenters. The Hall–Kier alpha value is -2.20. The van der Waals surface area contributed by atoms with Crippen LogP contribution in [0.1, 0.15) is 27.2 Å². The maximum Gasteiger partial charge on any atom is 0.338 e. The number of anilines is 1. The van der Waals surface area contributed by atoms with Gasteiger partial charge in [-0.05, 0) is 31.4 Å². The molecule has 0 bridgehead atoms. The van der Waals surface area contributed by atoms with Crippen molar-refractivity contribution in [2.24, 2.45) is 5.92 Å². The number of para-hydroxylation sites is 1. The third-order valence-electron chi connectivity index (χ3n) is 4.29. The molecule has 1 aromatic carbocycles. The fourth-order valence-corrected chi connectivity index (χ4v) is 3.30. The molecule has 0 saturated carbocycles. The van der Waals surface area contributed by atoms with E-state index in [0.717, 1.165) is 12.1 Å². The van der Waals surface area contributed by atoms with E-state index >= 15 is 0 Å². The summed E-state index contributed by atoms with van der Waals surface area (Å²) < 4.78 is 37.8. The topological polar surface area (TPSA) is 97.0 Å². The van der Waals surface area contributed by atoms with Gasteiger partial charge in [-0.15, -0.1) is 0 Å². The van der Waals surface area contributed by atoms with Crippen LogP contribution in [-0.2, 0) is 23.9 Å². The van der Waals surface area contributed by atoms with Gasteiger partial charge in [-0.2, -0.15) is 12.6 Å². The minimum atomic E-state index is -1.58. The van der Waals surface area contributed by atoms with Gasteiger partial charge in [0.05, 0.1) is 6.61 Å². The van der Waals surface area contributed by atoms with Crippen LogP contribution in [0, 0.1) is 17.6 Å². The minimum absolute atomic E-state index is 0.0698. The van der Waals surface area contributed by atoms with E-state index in [2.05, 4.69) is 23.3 Å². The highest BCUT2D eigenvalue weighted by atomic mass is 32.1. The molecule has 2 amide bonds. The van der Waals surface area contributed by atoms with Gasteiger partial charge in [-0.3, -0.25) is 9.59 Å². The number of carbonyl (C=O) groups excluding carboxylic acids is 3. The summed E-state index contributed by atoms with van der Waals surface area (Å²) >= 11 is 4.20. The zero-order chi connectivity index (χ0) is 21.8. The van der Waals surface area contributed by atoms with Crippen LogP contribution in [0.5, 0.6) is 0 Å². The van der Waals surface area contributed by atoms with E-state index in [4.69, 9.17) is 9.47 Å². The molecule has 0 spiro atoms. The van der Waals surface area contributed by atoms with E-state index in [0.29, 0.717) is 0 Å². The summed E-state index contributed by atoms with van der Waals surface area (Å²) in [5, 5.41) is 4.76. The number of hydrogen-bond acceptors (Lipinski definition) is 6. The highest BCUT2D eigenvalue weighted by Gasteiger charge is 2.54. The van der Waals surface area contributed by atoms with Crippen molar-refractivity contribution in [1.29, 1.82) is 0 Å². The number of benzene rings is 1. The predicted octanol–water partition coefficient (Wildman–Crippen LogP) is 2.06. The molecule has 1 heterocycles. The van der Waals surface area contributed by atoms with Gasteiger partial charge in [0.2, 0.25) is 0 Å². The third kappa shape index (κ3) is 5.45. The Kier molecular flexibility index (Phi) is 7.59. The Balaban J connectivity index is 2.21. The molecular weight excluding hydrogens is 406 g/mol. The van der Waals surface area contributed by atoms with Crippen LogP contribution in [0.25, 0.3) is 0 Å². The average Bonchev–Trinajstić information content (AvgIpc) is 3.45. The molecule has 1 fully saturated rings. The van der Waals surface area contributed by atoms with Crippen molar-refractivity contribution in [3.8, 4) is 0 Å². The van der Waals surface area contributed by atoms with Crippen LogP contribution in [0.2, 0.25) is 0 Å². The van der Waals surface area contributed by atoms with E-state index in [1.54, 1.807) is 6.92 Å². The smallest absolute Gasteiger partial charge is 0.338 e. The fourth-order valence-electron chi connectivity index (χ4n) is 2.95. The molecule has 0 radical (unpaired) electrons. The number of thiol groups is 1. The Morgan fingerprint density at radius 1 is 1.24 bits per heavy atom. The number of amides is 2. The van der Waals surface area contributed by atoms with Crippen LogP contribution in [0.15, 0.2) is 18.2 Å². The van der Waals surface area contributed by atoms with Crippen molar-refractivity contribution in [1.82, 2.24) is 5.32 Å². The van der Waals surface area contributed by atoms with Crippen molar-refractivity contribution in [3.63, 3.8) is 0 Å². The maximum atomic E-state index is 13.9. The number of ether oxygens (including phenoxy) is 2. The number of rotatable bonds is 9. The molecule has 10 heteroatoms. The molecule has 1 saturated heterocycles. The van der Waals surface area contributed by atoms with Gasteiger partial charge in [0, 0.05) is 5.75 Å². The van der Waals surface area contributed by atoms with Crippen LogP contribution < -0.4 is 10.6 Å². The summed E-state index contributed by atoms with van der Waals surface area (Å²) in [6, 6.07) is 3.18. The van der Waals surface area contributed by atoms with Crippen molar-refractivity contribution >= 4 is 36.1 Å². The lowest BCUT2D eigenvalue weighted by atomic mass is 9.89. The fraction of sp³-hybridized carbons (Fsp3) is 0.526. The summed E-state index contributed by atoms with van der Waals surface area (Å²) in [5.74, 6) is -4.32. The van der Waals surface area contributed by atoms with Crippen molar-refractivity contribution < 1.29 is 32.6 Å². The maximum absolute atomic E-state index is 13.9. The number of halogens is 2. The summed E-state index contributed by atoms with van der Waals surface area (Å²) in [7, 11) is 0. The number of esters is 1. The van der Waals surface area contributed by atoms with E-state index in [1.165, 1.54) is 6.07 Å². The lowest BCUT2D eigenvalue weighted by Crippen LogP contribution is -2.60. The van der Waals surface area contributed by atoms with Crippen molar-refractivity contribution in [3.05, 3.63) is 29.8 Å². The van der Waals surface area contributed by atoms with Gasteiger partial charge in [-0.1, -0.05) is 19.9 Å². The zero-order valence-corrected chi connectivity index (χ0v) is 17.2.